The number of hydrogen-bond acceptors (Lipinski definition) is 4. The number of nitrogens with two attached hydrogens (primary N) is 1. The fraction of sp³-hybridized carbons (Fsp3) is 0.500. The van der Waals surface area contributed by atoms with Crippen molar-refractivity contribution in [1.29, 1.82) is 0 Å². The number of rotatable bonds is 7. The topological polar surface area (TPSA) is 73.6 Å². The van der Waals surface area contributed by atoms with Crippen molar-refractivity contribution in [2.45, 2.75) is 18.9 Å². The number of ether oxygens (including phenoxy) is 2. The van der Waals surface area contributed by atoms with Gasteiger partial charge in [-0.25, -0.2) is 0 Å². The highest BCUT2D eigenvalue weighted by Gasteiger charge is 2.26. The Morgan fingerprint density at radius 3 is 2.68 bits per heavy atom. The van der Waals surface area contributed by atoms with Crippen LogP contribution < -0.4 is 20.5 Å². The van der Waals surface area contributed by atoms with E-state index in [1.807, 2.05) is 0 Å². The molecule has 1 aliphatic rings. The van der Waals surface area contributed by atoms with Crippen LogP contribution in [0.3, 0.4) is 0 Å². The molecule has 1 fully saturated rings. The third kappa shape index (κ3) is 3.38. The molecule has 1 aliphatic carbocycles. The number of hydrogen-bond donors (Lipinski definition) is 2. The summed E-state index contributed by atoms with van der Waals surface area (Å²) in [5, 5.41) is 3.21. The molecule has 5 heteroatoms. The van der Waals surface area contributed by atoms with Gasteiger partial charge in [0.2, 0.25) is 5.91 Å². The van der Waals surface area contributed by atoms with Crippen LogP contribution in [0, 0.1) is 5.92 Å². The summed E-state index contributed by atoms with van der Waals surface area (Å²) in [7, 11) is 3.16. The Kier molecular flexibility index (Phi) is 4.27. The number of primary amides is 1. The predicted octanol–water partition coefficient (Wildman–Crippen LogP) is 1.23. The molecular weight excluding hydrogens is 244 g/mol. The Balaban J connectivity index is 2.24. The second-order valence-electron chi connectivity index (χ2n) is 4.79. The second-order valence-corrected chi connectivity index (χ2v) is 4.79. The molecule has 0 aliphatic heterocycles. The van der Waals surface area contributed by atoms with Gasteiger partial charge in [-0.1, -0.05) is 0 Å². The number of carbonyl (C=O) groups is 1. The second kappa shape index (κ2) is 5.93. The van der Waals surface area contributed by atoms with E-state index in [-0.39, 0.29) is 0 Å². The van der Waals surface area contributed by atoms with Crippen molar-refractivity contribution in [2.75, 3.05) is 20.8 Å². The smallest absolute Gasteiger partial charge is 0.239 e. The number of methoxy groups -OCH3 is 2. The van der Waals surface area contributed by atoms with Crippen molar-refractivity contribution in [3.05, 3.63) is 23.8 Å². The van der Waals surface area contributed by atoms with E-state index in [1.165, 1.54) is 12.8 Å². The maximum absolute atomic E-state index is 11.7. The molecule has 3 N–H and O–H groups in total. The maximum Gasteiger partial charge on any atom is 0.239 e. The van der Waals surface area contributed by atoms with Crippen LogP contribution in [0.25, 0.3) is 0 Å². The lowest BCUT2D eigenvalue weighted by Crippen LogP contribution is -2.35. The predicted molar refractivity (Wildman–Crippen MR) is 72.2 cm³/mol. The summed E-state index contributed by atoms with van der Waals surface area (Å²) in [5.41, 5.74) is 6.21. The molecule has 0 bridgehead atoms. The summed E-state index contributed by atoms with van der Waals surface area (Å²) in [6.07, 6.45) is 2.43. The van der Waals surface area contributed by atoms with E-state index in [0.29, 0.717) is 17.4 Å². The Morgan fingerprint density at radius 1 is 1.42 bits per heavy atom. The molecular formula is C14H20N2O3. The first kappa shape index (κ1) is 13.7. The number of amides is 1. The third-order valence-corrected chi connectivity index (χ3v) is 3.34. The van der Waals surface area contributed by atoms with E-state index in [0.717, 1.165) is 12.1 Å². The molecule has 0 aromatic heterocycles. The average Bonchev–Trinajstić information content (AvgIpc) is 3.22. The Morgan fingerprint density at radius 2 is 2.16 bits per heavy atom. The fourth-order valence-electron chi connectivity index (χ4n) is 2.04. The Hall–Kier alpha value is -1.75. The van der Waals surface area contributed by atoms with Gasteiger partial charge < -0.3 is 20.5 Å². The minimum Gasteiger partial charge on any atom is -0.497 e. The standard InChI is InChI=1S/C14H20N2O3/c1-18-10-5-6-12(19-2)11(7-10)13(14(15)17)16-8-9-3-4-9/h5-7,9,13,16H,3-4,8H2,1-2H3,(H2,15,17). The number of benzene rings is 1. The zero-order valence-corrected chi connectivity index (χ0v) is 11.3. The third-order valence-electron chi connectivity index (χ3n) is 3.34. The summed E-state index contributed by atoms with van der Waals surface area (Å²) in [6.45, 7) is 0.800. The van der Waals surface area contributed by atoms with Crippen LogP contribution >= 0.6 is 0 Å². The summed E-state index contributed by atoms with van der Waals surface area (Å²) in [5.74, 6) is 1.56. The van der Waals surface area contributed by atoms with Crippen LogP contribution in [-0.2, 0) is 4.79 Å². The van der Waals surface area contributed by atoms with Crippen molar-refractivity contribution < 1.29 is 14.3 Å². The molecule has 0 saturated heterocycles. The minimum atomic E-state index is -0.550. The van der Waals surface area contributed by atoms with Crippen molar-refractivity contribution in [3.8, 4) is 11.5 Å². The van der Waals surface area contributed by atoms with Crippen LogP contribution in [0.4, 0.5) is 0 Å². The SMILES string of the molecule is COc1ccc(OC)c(C(NCC2CC2)C(N)=O)c1. The lowest BCUT2D eigenvalue weighted by Gasteiger charge is -2.19. The van der Waals surface area contributed by atoms with Gasteiger partial charge in [0.05, 0.1) is 14.2 Å². The summed E-state index contributed by atoms with van der Waals surface area (Å²) < 4.78 is 10.5. The van der Waals surface area contributed by atoms with E-state index in [2.05, 4.69) is 5.32 Å². The first-order valence-corrected chi connectivity index (χ1v) is 6.40. The highest BCUT2D eigenvalue weighted by molar-refractivity contribution is 5.82. The van der Waals surface area contributed by atoms with Gasteiger partial charge in [-0.05, 0) is 43.5 Å². The summed E-state index contributed by atoms with van der Waals surface area (Å²) in [4.78, 5) is 11.7. The zero-order valence-electron chi connectivity index (χ0n) is 11.3. The first-order valence-electron chi connectivity index (χ1n) is 6.40. The van der Waals surface area contributed by atoms with Crippen molar-refractivity contribution in [2.24, 2.45) is 11.7 Å². The van der Waals surface area contributed by atoms with Gasteiger partial charge >= 0.3 is 0 Å². The van der Waals surface area contributed by atoms with Gasteiger partial charge in [-0.15, -0.1) is 0 Å². The fourth-order valence-corrected chi connectivity index (χ4v) is 2.04. The van der Waals surface area contributed by atoms with Gasteiger partial charge in [-0.2, -0.15) is 0 Å². The van der Waals surface area contributed by atoms with Crippen LogP contribution in [0.1, 0.15) is 24.4 Å². The lowest BCUT2D eigenvalue weighted by molar-refractivity contribution is -0.120. The van der Waals surface area contributed by atoms with E-state index >= 15 is 0 Å². The molecule has 1 aromatic rings. The van der Waals surface area contributed by atoms with E-state index < -0.39 is 11.9 Å². The molecule has 1 amide bonds. The normalized spacial score (nSPS) is 15.9. The van der Waals surface area contributed by atoms with Crippen molar-refractivity contribution in [1.82, 2.24) is 5.32 Å². The molecule has 2 rings (SSSR count). The number of nitrogens with one attached hydrogen (secondary N) is 1. The molecule has 0 radical (unpaired) electrons. The minimum absolute atomic E-state index is 0.410. The van der Waals surface area contributed by atoms with Crippen LogP contribution in [0.2, 0.25) is 0 Å². The van der Waals surface area contributed by atoms with E-state index in [4.69, 9.17) is 15.2 Å². The van der Waals surface area contributed by atoms with Crippen molar-refractivity contribution in [3.63, 3.8) is 0 Å². The van der Waals surface area contributed by atoms with E-state index in [1.54, 1.807) is 32.4 Å². The highest BCUT2D eigenvalue weighted by Crippen LogP contribution is 2.32. The van der Waals surface area contributed by atoms with Crippen LogP contribution in [0.5, 0.6) is 11.5 Å². The molecule has 5 nitrogen and oxygen atoms in total. The van der Waals surface area contributed by atoms with Gasteiger partial charge in [0.15, 0.2) is 0 Å². The molecule has 0 spiro atoms. The number of carbonyl (C=O) groups excluding carboxylic acids is 1. The largest absolute Gasteiger partial charge is 0.497 e. The molecule has 1 unspecified atom stereocenters. The van der Waals surface area contributed by atoms with Crippen LogP contribution in [-0.4, -0.2) is 26.7 Å². The van der Waals surface area contributed by atoms with Gasteiger partial charge in [-0.3, -0.25) is 4.79 Å². The summed E-state index contributed by atoms with van der Waals surface area (Å²) in [6, 6.07) is 4.81. The molecule has 1 saturated carbocycles. The summed E-state index contributed by atoms with van der Waals surface area (Å²) >= 11 is 0. The molecule has 104 valence electrons. The highest BCUT2D eigenvalue weighted by atomic mass is 16.5. The average molecular weight is 264 g/mol. The lowest BCUT2D eigenvalue weighted by atomic mass is 10.0. The molecule has 1 aromatic carbocycles. The van der Waals surface area contributed by atoms with Crippen LogP contribution in [0.15, 0.2) is 18.2 Å². The molecule has 1 atom stereocenters. The zero-order chi connectivity index (χ0) is 13.8. The van der Waals surface area contributed by atoms with Crippen molar-refractivity contribution >= 4 is 5.91 Å². The molecule has 0 heterocycles. The van der Waals surface area contributed by atoms with Gasteiger partial charge in [0.25, 0.3) is 0 Å². The monoisotopic (exact) mass is 264 g/mol. The molecule has 19 heavy (non-hydrogen) atoms. The maximum atomic E-state index is 11.7. The Bertz CT molecular complexity index is 458. The first-order chi connectivity index (χ1) is 9.15. The van der Waals surface area contributed by atoms with E-state index in [9.17, 15) is 4.79 Å². The Labute approximate surface area is 113 Å². The van der Waals surface area contributed by atoms with Gasteiger partial charge in [0, 0.05) is 5.56 Å². The quantitative estimate of drug-likeness (QED) is 0.777. The van der Waals surface area contributed by atoms with Gasteiger partial charge in [0.1, 0.15) is 17.5 Å².